The molecule has 2 rings (SSSR count). The molecule has 0 unspecified atom stereocenters. The minimum atomic E-state index is -0.147. The van der Waals surface area contributed by atoms with Gasteiger partial charge in [0, 0.05) is 15.6 Å². The van der Waals surface area contributed by atoms with E-state index in [1.54, 1.807) is 36.4 Å². The van der Waals surface area contributed by atoms with Gasteiger partial charge in [-0.05, 0) is 36.4 Å². The van der Waals surface area contributed by atoms with Crippen LogP contribution in [0.25, 0.3) is 0 Å². The van der Waals surface area contributed by atoms with E-state index in [0.29, 0.717) is 28.1 Å². The van der Waals surface area contributed by atoms with Crippen molar-refractivity contribution in [1.29, 1.82) is 0 Å². The summed E-state index contributed by atoms with van der Waals surface area (Å²) in [6.45, 7) is 0.328. The second kappa shape index (κ2) is 9.22. The number of hydrogen-bond donors (Lipinski definition) is 3. The molecular weight excluding hydrogens is 373 g/mol. The third kappa shape index (κ3) is 6.16. The first-order valence-corrected chi connectivity index (χ1v) is 7.30. The van der Waals surface area contributed by atoms with E-state index in [1.165, 1.54) is 0 Å². The normalized spacial score (nSPS) is 10.7. The number of halogens is 3. The zero-order valence-corrected chi connectivity index (χ0v) is 14.8. The molecule has 2 aromatic carbocycles. The Balaban J connectivity index is 0.00000288. The van der Waals surface area contributed by atoms with E-state index in [0.717, 1.165) is 5.56 Å². The monoisotopic (exact) mass is 387 g/mol. The number of nitrogens with two attached hydrogens (primary N) is 3. The molecule has 0 aliphatic rings. The zero-order chi connectivity index (χ0) is 16.8. The minimum Gasteiger partial charge on any atom is -0.489 e. The minimum absolute atomic E-state index is 0. The summed E-state index contributed by atoms with van der Waals surface area (Å²) in [5, 5.41) is 1.14. The van der Waals surface area contributed by atoms with Crippen molar-refractivity contribution in [2.75, 3.05) is 0 Å². The van der Waals surface area contributed by atoms with Crippen molar-refractivity contribution in [2.24, 2.45) is 27.2 Å². The van der Waals surface area contributed by atoms with E-state index in [-0.39, 0.29) is 24.3 Å². The summed E-state index contributed by atoms with van der Waals surface area (Å²) >= 11 is 11.9. The fourth-order valence-corrected chi connectivity index (χ4v) is 2.17. The molecule has 0 saturated heterocycles. The van der Waals surface area contributed by atoms with Crippen LogP contribution in [-0.2, 0) is 6.61 Å². The standard InChI is InChI=1S/C15H15Cl2N5O.ClH/c16-10-2-1-9(13(17)7-10)8-23-12-5-3-11(4-6-12)21-15(20)22-14(18)19;/h1-7H,8H2,(H6,18,19,20,21,22);1H. The predicted octanol–water partition coefficient (Wildman–Crippen LogP) is 3.21. The summed E-state index contributed by atoms with van der Waals surface area (Å²) in [4.78, 5) is 7.67. The first-order chi connectivity index (χ1) is 10.9. The highest BCUT2D eigenvalue weighted by molar-refractivity contribution is 6.35. The van der Waals surface area contributed by atoms with Gasteiger partial charge in [-0.3, -0.25) is 0 Å². The van der Waals surface area contributed by atoms with Crippen LogP contribution in [0.3, 0.4) is 0 Å². The Morgan fingerprint density at radius 1 is 1.00 bits per heavy atom. The van der Waals surface area contributed by atoms with Crippen molar-refractivity contribution in [2.45, 2.75) is 6.61 Å². The third-order valence-corrected chi connectivity index (χ3v) is 3.32. The molecule has 0 aliphatic carbocycles. The Kier molecular flexibility index (Phi) is 7.64. The van der Waals surface area contributed by atoms with Crippen LogP contribution in [0.15, 0.2) is 52.4 Å². The molecule has 24 heavy (non-hydrogen) atoms. The molecule has 2 aromatic rings. The third-order valence-electron chi connectivity index (χ3n) is 2.73. The Morgan fingerprint density at radius 3 is 2.25 bits per heavy atom. The van der Waals surface area contributed by atoms with E-state index < -0.39 is 0 Å². The summed E-state index contributed by atoms with van der Waals surface area (Å²) in [6.07, 6.45) is 0. The van der Waals surface area contributed by atoms with Gasteiger partial charge in [-0.25, -0.2) is 4.99 Å². The molecule has 0 saturated carbocycles. The van der Waals surface area contributed by atoms with Crippen LogP contribution in [0, 0.1) is 0 Å². The molecule has 0 aliphatic heterocycles. The van der Waals surface area contributed by atoms with Crippen LogP contribution < -0.4 is 21.9 Å². The average molecular weight is 389 g/mol. The van der Waals surface area contributed by atoms with Crippen molar-refractivity contribution in [3.8, 4) is 5.75 Å². The lowest BCUT2D eigenvalue weighted by atomic mass is 10.2. The van der Waals surface area contributed by atoms with Gasteiger partial charge in [0.2, 0.25) is 5.96 Å². The lowest BCUT2D eigenvalue weighted by molar-refractivity contribution is 0.306. The second-order valence-corrected chi connectivity index (χ2v) is 5.37. The van der Waals surface area contributed by atoms with Crippen LogP contribution in [0.1, 0.15) is 5.56 Å². The van der Waals surface area contributed by atoms with Gasteiger partial charge in [0.05, 0.1) is 5.69 Å². The van der Waals surface area contributed by atoms with Crippen LogP contribution >= 0.6 is 35.6 Å². The fraction of sp³-hybridized carbons (Fsp3) is 0.0667. The van der Waals surface area contributed by atoms with Gasteiger partial charge < -0.3 is 21.9 Å². The maximum atomic E-state index is 6.09. The summed E-state index contributed by atoms with van der Waals surface area (Å²) in [5.41, 5.74) is 17.4. The van der Waals surface area contributed by atoms with Gasteiger partial charge >= 0.3 is 0 Å². The number of rotatable bonds is 4. The van der Waals surface area contributed by atoms with Crippen LogP contribution in [0.5, 0.6) is 5.75 Å². The summed E-state index contributed by atoms with van der Waals surface area (Å²) in [7, 11) is 0. The maximum absolute atomic E-state index is 6.09. The van der Waals surface area contributed by atoms with Crippen molar-refractivity contribution in [1.82, 2.24) is 0 Å². The first-order valence-electron chi connectivity index (χ1n) is 6.54. The number of aliphatic imine (C=N–C) groups is 2. The van der Waals surface area contributed by atoms with Gasteiger partial charge in [-0.2, -0.15) is 4.99 Å². The van der Waals surface area contributed by atoms with E-state index >= 15 is 0 Å². The van der Waals surface area contributed by atoms with E-state index in [4.69, 9.17) is 45.1 Å². The Hall–Kier alpha value is -2.15. The van der Waals surface area contributed by atoms with Gasteiger partial charge in [0.1, 0.15) is 12.4 Å². The first kappa shape index (κ1) is 19.9. The summed E-state index contributed by atoms with van der Waals surface area (Å²) in [6, 6.07) is 12.2. The predicted molar refractivity (Wildman–Crippen MR) is 102 cm³/mol. The van der Waals surface area contributed by atoms with Crippen molar-refractivity contribution in [3.63, 3.8) is 0 Å². The molecular formula is C15H16Cl3N5O. The second-order valence-electron chi connectivity index (χ2n) is 4.52. The highest BCUT2D eigenvalue weighted by Gasteiger charge is 2.03. The lowest BCUT2D eigenvalue weighted by Gasteiger charge is -2.08. The molecule has 9 heteroatoms. The topological polar surface area (TPSA) is 112 Å². The van der Waals surface area contributed by atoms with Gasteiger partial charge in [0.15, 0.2) is 5.96 Å². The number of nitrogens with zero attached hydrogens (tertiary/aromatic N) is 2. The molecule has 6 nitrogen and oxygen atoms in total. The number of ether oxygens (including phenoxy) is 1. The molecule has 6 N–H and O–H groups in total. The highest BCUT2D eigenvalue weighted by Crippen LogP contribution is 2.23. The SMILES string of the molecule is Cl.NC(N)=NC(N)=Nc1ccc(OCc2ccc(Cl)cc2Cl)cc1. The van der Waals surface area contributed by atoms with Crippen LogP contribution in [-0.4, -0.2) is 11.9 Å². The smallest absolute Gasteiger partial charge is 0.223 e. The Morgan fingerprint density at radius 2 is 1.67 bits per heavy atom. The molecule has 0 bridgehead atoms. The maximum Gasteiger partial charge on any atom is 0.223 e. The number of hydrogen-bond acceptors (Lipinski definition) is 2. The van der Waals surface area contributed by atoms with E-state index in [1.807, 2.05) is 6.07 Å². The van der Waals surface area contributed by atoms with Crippen molar-refractivity contribution >= 4 is 53.2 Å². The quantitative estimate of drug-likeness (QED) is 0.551. The Bertz CT molecular complexity index is 743. The van der Waals surface area contributed by atoms with Crippen molar-refractivity contribution in [3.05, 3.63) is 58.1 Å². The largest absolute Gasteiger partial charge is 0.489 e. The van der Waals surface area contributed by atoms with Gasteiger partial charge in [-0.15, -0.1) is 12.4 Å². The molecule has 0 fully saturated rings. The molecule has 0 spiro atoms. The molecule has 0 amide bonds. The zero-order valence-electron chi connectivity index (χ0n) is 12.4. The van der Waals surface area contributed by atoms with Gasteiger partial charge in [-0.1, -0.05) is 29.3 Å². The molecule has 0 atom stereocenters. The summed E-state index contributed by atoms with van der Waals surface area (Å²) < 4.78 is 5.66. The molecule has 128 valence electrons. The van der Waals surface area contributed by atoms with Crippen molar-refractivity contribution < 1.29 is 4.74 Å². The number of guanidine groups is 2. The number of benzene rings is 2. The molecule has 0 radical (unpaired) electrons. The highest BCUT2D eigenvalue weighted by atomic mass is 35.5. The fourth-order valence-electron chi connectivity index (χ4n) is 1.71. The average Bonchev–Trinajstić information content (AvgIpc) is 2.47. The summed E-state index contributed by atoms with van der Waals surface area (Å²) in [5.74, 6) is 0.494. The van der Waals surface area contributed by atoms with E-state index in [2.05, 4.69) is 9.98 Å². The van der Waals surface area contributed by atoms with Gasteiger partial charge in [0.25, 0.3) is 0 Å². The lowest BCUT2D eigenvalue weighted by Crippen LogP contribution is -2.26. The van der Waals surface area contributed by atoms with Crippen LogP contribution in [0.2, 0.25) is 10.0 Å². The molecule has 0 aromatic heterocycles. The van der Waals surface area contributed by atoms with E-state index in [9.17, 15) is 0 Å². The Labute approximate surface area is 155 Å². The molecule has 0 heterocycles. The van der Waals surface area contributed by atoms with Crippen LogP contribution in [0.4, 0.5) is 5.69 Å².